The fourth-order valence-electron chi connectivity index (χ4n) is 3.96. The predicted octanol–water partition coefficient (Wildman–Crippen LogP) is 2.93. The van der Waals surface area contributed by atoms with Crippen LogP contribution in [0.4, 0.5) is 0 Å². The van der Waals surface area contributed by atoms with Crippen molar-refractivity contribution in [3.05, 3.63) is 59.7 Å². The molecule has 0 saturated carbocycles. The number of aliphatic hydroxyl groups excluding tert-OH is 1. The lowest BCUT2D eigenvalue weighted by atomic mass is 9.72. The van der Waals surface area contributed by atoms with E-state index in [1.54, 1.807) is 24.0 Å². The molecule has 2 aromatic carbocycles. The third kappa shape index (κ3) is 4.54. The van der Waals surface area contributed by atoms with Crippen LogP contribution in [0.5, 0.6) is 11.5 Å². The maximum atomic E-state index is 12.7. The van der Waals surface area contributed by atoms with Crippen molar-refractivity contribution < 1.29 is 24.5 Å². The van der Waals surface area contributed by atoms with E-state index in [1.165, 1.54) is 7.11 Å². The summed E-state index contributed by atoms with van der Waals surface area (Å²) in [6.07, 6.45) is -0.625. The zero-order chi connectivity index (χ0) is 21.0. The summed E-state index contributed by atoms with van der Waals surface area (Å²) in [5.41, 5.74) is 1.35. The predicted molar refractivity (Wildman–Crippen MR) is 110 cm³/mol. The molecule has 1 saturated heterocycles. The van der Waals surface area contributed by atoms with E-state index in [1.807, 2.05) is 43.3 Å². The Kier molecular flexibility index (Phi) is 6.45. The Morgan fingerprint density at radius 1 is 1.28 bits per heavy atom. The van der Waals surface area contributed by atoms with Gasteiger partial charge in [-0.25, -0.2) is 0 Å². The van der Waals surface area contributed by atoms with Gasteiger partial charge < -0.3 is 24.6 Å². The second-order valence-corrected chi connectivity index (χ2v) is 7.92. The summed E-state index contributed by atoms with van der Waals surface area (Å²) < 4.78 is 10.7. The SMILES string of the molecule is COc1ccc([C@@H]2CN(C(=O)COCc3ccccc3)C[C@@]2(C)[C@@H](C)O)cc1O. The molecule has 29 heavy (non-hydrogen) atoms. The highest BCUT2D eigenvalue weighted by atomic mass is 16.5. The molecule has 6 nitrogen and oxygen atoms in total. The Bertz CT molecular complexity index is 838. The van der Waals surface area contributed by atoms with Crippen LogP contribution >= 0.6 is 0 Å². The van der Waals surface area contributed by atoms with Crippen molar-refractivity contribution >= 4 is 5.91 Å². The standard InChI is InChI=1S/C23H29NO5/c1-16(25)23(2)15-24(22(27)14-29-13-17-7-5-4-6-8-17)12-19(23)18-9-10-21(28-3)20(26)11-18/h4-11,16,19,25-26H,12-15H2,1-3H3/t16-,19+,23+/m1/s1. The number of nitrogens with zero attached hydrogens (tertiary/aromatic N) is 1. The highest BCUT2D eigenvalue weighted by Gasteiger charge is 2.48. The quantitative estimate of drug-likeness (QED) is 0.748. The molecule has 0 bridgehead atoms. The number of aromatic hydroxyl groups is 1. The van der Waals surface area contributed by atoms with Crippen molar-refractivity contribution in [3.8, 4) is 11.5 Å². The maximum Gasteiger partial charge on any atom is 0.248 e. The minimum Gasteiger partial charge on any atom is -0.504 e. The van der Waals surface area contributed by atoms with Gasteiger partial charge in [0.25, 0.3) is 0 Å². The number of carbonyl (C=O) groups excluding carboxylic acids is 1. The lowest BCUT2D eigenvalue weighted by molar-refractivity contribution is -0.136. The molecule has 156 valence electrons. The molecule has 0 spiro atoms. The van der Waals surface area contributed by atoms with Crippen molar-refractivity contribution in [3.63, 3.8) is 0 Å². The van der Waals surface area contributed by atoms with Gasteiger partial charge in [0.1, 0.15) is 6.61 Å². The van der Waals surface area contributed by atoms with Crippen molar-refractivity contribution in [2.24, 2.45) is 5.41 Å². The monoisotopic (exact) mass is 399 g/mol. The molecule has 2 N–H and O–H groups in total. The van der Waals surface area contributed by atoms with Gasteiger partial charge in [0.15, 0.2) is 11.5 Å². The van der Waals surface area contributed by atoms with Crippen molar-refractivity contribution in [2.75, 3.05) is 26.8 Å². The summed E-state index contributed by atoms with van der Waals surface area (Å²) in [5, 5.41) is 20.7. The maximum absolute atomic E-state index is 12.7. The molecule has 2 aromatic rings. The minimum absolute atomic E-state index is 0.00857. The van der Waals surface area contributed by atoms with Crippen LogP contribution in [0.15, 0.2) is 48.5 Å². The van der Waals surface area contributed by atoms with Gasteiger partial charge >= 0.3 is 0 Å². The highest BCUT2D eigenvalue weighted by molar-refractivity contribution is 5.78. The van der Waals surface area contributed by atoms with E-state index < -0.39 is 11.5 Å². The number of ether oxygens (including phenoxy) is 2. The molecule has 3 atom stereocenters. The van der Waals surface area contributed by atoms with E-state index in [-0.39, 0.29) is 24.2 Å². The smallest absolute Gasteiger partial charge is 0.248 e. The van der Waals surface area contributed by atoms with Gasteiger partial charge in [-0.1, -0.05) is 43.3 Å². The summed E-state index contributed by atoms with van der Waals surface area (Å²) in [4.78, 5) is 14.5. The van der Waals surface area contributed by atoms with Crippen molar-refractivity contribution in [1.82, 2.24) is 4.90 Å². The number of aliphatic hydroxyl groups is 1. The number of hydrogen-bond acceptors (Lipinski definition) is 5. The molecule has 1 aliphatic rings. The zero-order valence-electron chi connectivity index (χ0n) is 17.2. The molecule has 1 aliphatic heterocycles. The molecule has 1 heterocycles. The fraction of sp³-hybridized carbons (Fsp3) is 0.435. The Morgan fingerprint density at radius 3 is 2.62 bits per heavy atom. The fourth-order valence-corrected chi connectivity index (χ4v) is 3.96. The number of phenolic OH excluding ortho intramolecular Hbond substituents is 1. The zero-order valence-corrected chi connectivity index (χ0v) is 17.2. The second-order valence-electron chi connectivity index (χ2n) is 7.92. The van der Waals surface area contributed by atoms with Gasteiger partial charge in [-0.3, -0.25) is 4.79 Å². The van der Waals surface area contributed by atoms with Gasteiger partial charge in [0.2, 0.25) is 5.91 Å². The molecule has 3 rings (SSSR count). The molecule has 1 amide bonds. The summed E-state index contributed by atoms with van der Waals surface area (Å²) in [7, 11) is 1.50. The van der Waals surface area contributed by atoms with E-state index in [9.17, 15) is 15.0 Å². The number of carbonyl (C=O) groups is 1. The van der Waals surface area contributed by atoms with E-state index in [0.29, 0.717) is 25.4 Å². The summed E-state index contributed by atoms with van der Waals surface area (Å²) in [6.45, 7) is 4.98. The minimum atomic E-state index is -0.625. The van der Waals surface area contributed by atoms with Crippen LogP contribution in [0.25, 0.3) is 0 Å². The number of methoxy groups -OCH3 is 1. The molecule has 0 aliphatic carbocycles. The first-order chi connectivity index (χ1) is 13.8. The topological polar surface area (TPSA) is 79.2 Å². The molecular weight excluding hydrogens is 370 g/mol. The van der Waals surface area contributed by atoms with E-state index in [4.69, 9.17) is 9.47 Å². The van der Waals surface area contributed by atoms with Crippen LogP contribution < -0.4 is 4.74 Å². The van der Waals surface area contributed by atoms with Crippen LogP contribution in [-0.2, 0) is 16.1 Å². The number of likely N-dealkylation sites (tertiary alicyclic amines) is 1. The highest BCUT2D eigenvalue weighted by Crippen LogP contribution is 2.46. The number of rotatable bonds is 7. The lowest BCUT2D eigenvalue weighted by Crippen LogP contribution is -2.38. The summed E-state index contributed by atoms with van der Waals surface area (Å²) in [5.74, 6) is 0.229. The largest absolute Gasteiger partial charge is 0.504 e. The average molecular weight is 399 g/mol. The number of amides is 1. The normalized spacial score (nSPS) is 22.5. The Morgan fingerprint density at radius 2 is 2.00 bits per heavy atom. The van der Waals surface area contributed by atoms with Gasteiger partial charge in [-0.15, -0.1) is 0 Å². The van der Waals surface area contributed by atoms with Crippen LogP contribution in [0.1, 0.15) is 30.9 Å². The Hall–Kier alpha value is -2.57. The summed E-state index contributed by atoms with van der Waals surface area (Å²) >= 11 is 0. The van der Waals surface area contributed by atoms with Gasteiger partial charge in [-0.2, -0.15) is 0 Å². The van der Waals surface area contributed by atoms with Crippen molar-refractivity contribution in [2.45, 2.75) is 32.5 Å². The number of hydrogen-bond donors (Lipinski definition) is 2. The molecular formula is C23H29NO5. The van der Waals surface area contributed by atoms with Crippen molar-refractivity contribution in [1.29, 1.82) is 0 Å². The third-order valence-corrected chi connectivity index (χ3v) is 5.98. The van der Waals surface area contributed by atoms with Gasteiger partial charge in [0, 0.05) is 24.4 Å². The molecule has 1 fully saturated rings. The molecule has 0 unspecified atom stereocenters. The molecule has 0 radical (unpaired) electrons. The van der Waals surface area contributed by atoms with Crippen LogP contribution in [0, 0.1) is 5.41 Å². The second kappa shape index (κ2) is 8.84. The molecule has 6 heteroatoms. The van der Waals surface area contributed by atoms with Gasteiger partial charge in [-0.05, 0) is 30.2 Å². The van der Waals surface area contributed by atoms with Crippen LogP contribution in [-0.4, -0.2) is 53.9 Å². The van der Waals surface area contributed by atoms with E-state index in [0.717, 1.165) is 11.1 Å². The third-order valence-electron chi connectivity index (χ3n) is 5.98. The number of benzene rings is 2. The Balaban J connectivity index is 1.70. The first-order valence-electron chi connectivity index (χ1n) is 9.79. The average Bonchev–Trinajstić information content (AvgIpc) is 3.08. The first-order valence-corrected chi connectivity index (χ1v) is 9.79. The lowest BCUT2D eigenvalue weighted by Gasteiger charge is -2.33. The van der Waals surface area contributed by atoms with E-state index in [2.05, 4.69) is 0 Å². The molecule has 0 aromatic heterocycles. The van der Waals surface area contributed by atoms with Crippen LogP contribution in [0.3, 0.4) is 0 Å². The van der Waals surface area contributed by atoms with E-state index >= 15 is 0 Å². The van der Waals surface area contributed by atoms with Gasteiger partial charge in [0.05, 0.1) is 19.8 Å². The van der Waals surface area contributed by atoms with Crippen LogP contribution in [0.2, 0.25) is 0 Å². The number of phenols is 1. The summed E-state index contributed by atoms with van der Waals surface area (Å²) in [6, 6.07) is 15.0. The first kappa shape index (κ1) is 21.1. The Labute approximate surface area is 171 Å².